The first-order chi connectivity index (χ1) is 13.8. The fourth-order valence-electron chi connectivity index (χ4n) is 4.35. The molecule has 1 unspecified atom stereocenters. The maximum absolute atomic E-state index is 10.2. The number of aliphatic hydroxyl groups excluding tert-OH is 1. The molecule has 2 aromatic rings. The molecule has 28 heavy (non-hydrogen) atoms. The minimum atomic E-state index is -0.427. The van der Waals surface area contributed by atoms with E-state index in [0.29, 0.717) is 19.2 Å². The zero-order valence-corrected chi connectivity index (χ0v) is 16.6. The Morgan fingerprint density at radius 2 is 1.64 bits per heavy atom. The highest BCUT2D eigenvalue weighted by Gasteiger charge is 2.20. The molecule has 0 spiro atoms. The van der Waals surface area contributed by atoms with E-state index in [-0.39, 0.29) is 0 Å². The lowest BCUT2D eigenvalue weighted by molar-refractivity contribution is 0.0617. The van der Waals surface area contributed by atoms with Crippen LogP contribution in [-0.4, -0.2) is 48.4 Å². The normalized spacial score (nSPS) is 18.8. The topological polar surface area (TPSA) is 44.7 Å². The summed E-state index contributed by atoms with van der Waals surface area (Å²) in [7, 11) is 0. The van der Waals surface area contributed by atoms with E-state index >= 15 is 0 Å². The van der Waals surface area contributed by atoms with E-state index in [9.17, 15) is 5.11 Å². The van der Waals surface area contributed by atoms with Crippen LogP contribution >= 0.6 is 0 Å². The number of fused-ring (bicyclic) bond motifs is 1. The number of nitrogens with one attached hydrogen (secondary N) is 1. The predicted molar refractivity (Wildman–Crippen MR) is 113 cm³/mol. The van der Waals surface area contributed by atoms with Crippen LogP contribution in [0.1, 0.15) is 36.0 Å². The van der Waals surface area contributed by atoms with Gasteiger partial charge in [0.05, 0.1) is 0 Å². The fraction of sp³-hybridized carbons (Fsp3) is 0.500. The Morgan fingerprint density at radius 3 is 2.32 bits per heavy atom. The summed E-state index contributed by atoms with van der Waals surface area (Å²) in [5.74, 6) is 0.828. The highest BCUT2D eigenvalue weighted by atomic mass is 16.5. The van der Waals surface area contributed by atoms with E-state index in [1.807, 2.05) is 12.1 Å². The maximum Gasteiger partial charge on any atom is 0.119 e. The van der Waals surface area contributed by atoms with Gasteiger partial charge in [0.1, 0.15) is 18.5 Å². The third-order valence-electron chi connectivity index (χ3n) is 5.93. The van der Waals surface area contributed by atoms with E-state index in [1.165, 1.54) is 36.0 Å². The van der Waals surface area contributed by atoms with Crippen molar-refractivity contribution in [2.45, 2.75) is 50.8 Å². The number of β-amino-alcohol motifs (C(OH)–C–C–N with tert-alkyl or cyclic N) is 1. The minimum Gasteiger partial charge on any atom is -0.491 e. The number of benzene rings is 2. The molecule has 2 N–H and O–H groups in total. The molecule has 0 saturated carbocycles. The van der Waals surface area contributed by atoms with Gasteiger partial charge in [-0.05, 0) is 67.6 Å². The summed E-state index contributed by atoms with van der Waals surface area (Å²) >= 11 is 0. The van der Waals surface area contributed by atoms with Gasteiger partial charge in [-0.25, -0.2) is 0 Å². The van der Waals surface area contributed by atoms with Crippen LogP contribution in [-0.2, 0) is 19.4 Å². The zero-order chi connectivity index (χ0) is 19.2. The molecule has 0 bridgehead atoms. The molecule has 2 aliphatic rings. The minimum absolute atomic E-state index is 0.356. The van der Waals surface area contributed by atoms with Crippen LogP contribution in [0.5, 0.6) is 5.75 Å². The average molecular weight is 381 g/mol. The average Bonchev–Trinajstić information content (AvgIpc) is 3.15. The highest BCUT2D eigenvalue weighted by molar-refractivity contribution is 5.33. The third kappa shape index (κ3) is 5.34. The molecule has 150 valence electrons. The van der Waals surface area contributed by atoms with Gasteiger partial charge in [0.25, 0.3) is 0 Å². The Balaban J connectivity index is 1.18. The molecule has 0 radical (unpaired) electrons. The van der Waals surface area contributed by atoms with E-state index in [0.717, 1.165) is 38.2 Å². The van der Waals surface area contributed by atoms with Gasteiger partial charge >= 0.3 is 0 Å². The number of aliphatic hydroxyl groups is 1. The van der Waals surface area contributed by atoms with Gasteiger partial charge in [0.15, 0.2) is 0 Å². The van der Waals surface area contributed by atoms with Crippen molar-refractivity contribution in [3.8, 4) is 5.75 Å². The van der Waals surface area contributed by atoms with Crippen molar-refractivity contribution >= 4 is 0 Å². The number of nitrogens with zero attached hydrogens (tertiary/aromatic N) is 1. The third-order valence-corrected chi connectivity index (χ3v) is 5.93. The summed E-state index contributed by atoms with van der Waals surface area (Å²) < 4.78 is 5.79. The van der Waals surface area contributed by atoms with Crippen molar-refractivity contribution in [3.63, 3.8) is 0 Å². The van der Waals surface area contributed by atoms with E-state index < -0.39 is 6.10 Å². The Kier molecular flexibility index (Phi) is 6.63. The van der Waals surface area contributed by atoms with Crippen LogP contribution in [0, 0.1) is 0 Å². The summed E-state index contributed by atoms with van der Waals surface area (Å²) in [6.45, 7) is 4.15. The van der Waals surface area contributed by atoms with E-state index in [1.54, 1.807) is 0 Å². The molecule has 0 aromatic heterocycles. The maximum atomic E-state index is 10.2. The van der Waals surface area contributed by atoms with Crippen molar-refractivity contribution in [2.24, 2.45) is 0 Å². The smallest absolute Gasteiger partial charge is 0.119 e. The molecule has 1 aliphatic heterocycles. The predicted octanol–water partition coefficient (Wildman–Crippen LogP) is 3.17. The molecule has 1 saturated heterocycles. The van der Waals surface area contributed by atoms with Gasteiger partial charge < -0.3 is 20.1 Å². The summed E-state index contributed by atoms with van der Waals surface area (Å²) in [4.78, 5) is 2.34. The lowest BCUT2D eigenvalue weighted by Gasteiger charge is -2.28. The molecule has 4 heteroatoms. The fourth-order valence-corrected chi connectivity index (χ4v) is 4.35. The highest BCUT2D eigenvalue weighted by Crippen LogP contribution is 2.22. The molecule has 1 atom stereocenters. The summed E-state index contributed by atoms with van der Waals surface area (Å²) in [6.07, 6.45) is 5.62. The summed E-state index contributed by atoms with van der Waals surface area (Å²) in [6, 6.07) is 17.5. The number of hydrogen-bond acceptors (Lipinski definition) is 4. The van der Waals surface area contributed by atoms with Crippen molar-refractivity contribution in [1.29, 1.82) is 0 Å². The van der Waals surface area contributed by atoms with E-state index in [2.05, 4.69) is 46.6 Å². The van der Waals surface area contributed by atoms with Crippen LogP contribution in [0.2, 0.25) is 0 Å². The lowest BCUT2D eigenvalue weighted by atomic mass is 10.1. The quantitative estimate of drug-likeness (QED) is 0.738. The van der Waals surface area contributed by atoms with Crippen LogP contribution in [0.4, 0.5) is 0 Å². The Labute approximate surface area is 168 Å². The molecule has 1 aliphatic carbocycles. The zero-order valence-electron chi connectivity index (χ0n) is 16.6. The Bertz CT molecular complexity index is 716. The molecule has 0 amide bonds. The summed E-state index contributed by atoms with van der Waals surface area (Å²) in [5, 5.41) is 13.9. The Hall–Kier alpha value is -1.88. The number of likely N-dealkylation sites (tertiary alicyclic amines) is 1. The lowest BCUT2D eigenvalue weighted by Crippen LogP contribution is -2.38. The van der Waals surface area contributed by atoms with Crippen molar-refractivity contribution in [2.75, 3.05) is 26.2 Å². The number of rotatable bonds is 8. The Morgan fingerprint density at radius 1 is 0.964 bits per heavy atom. The van der Waals surface area contributed by atoms with Crippen molar-refractivity contribution in [3.05, 3.63) is 65.2 Å². The standard InChI is InChI=1S/C24H32N2O2/c27-23(17-26-12-4-1-5-13-26)18-28-24-10-8-19(9-11-24)16-25-22-14-20-6-2-3-7-21(20)15-22/h2-3,6-11,22-23,25,27H,1,4-5,12-18H2. The molecular weight excluding hydrogens is 348 g/mol. The van der Waals surface area contributed by atoms with Crippen LogP contribution in [0.15, 0.2) is 48.5 Å². The monoisotopic (exact) mass is 380 g/mol. The number of ether oxygens (including phenoxy) is 1. The van der Waals surface area contributed by atoms with Crippen LogP contribution < -0.4 is 10.1 Å². The number of hydrogen-bond donors (Lipinski definition) is 2. The molecule has 4 nitrogen and oxygen atoms in total. The van der Waals surface area contributed by atoms with Gasteiger partial charge in [-0.1, -0.05) is 42.8 Å². The van der Waals surface area contributed by atoms with Gasteiger partial charge in [-0.2, -0.15) is 0 Å². The first kappa shape index (κ1) is 19.4. The van der Waals surface area contributed by atoms with Gasteiger partial charge in [-0.15, -0.1) is 0 Å². The SMILES string of the molecule is OC(COc1ccc(CNC2Cc3ccccc3C2)cc1)CN1CCCCC1. The molecular formula is C24H32N2O2. The number of piperidine rings is 1. The largest absolute Gasteiger partial charge is 0.491 e. The second kappa shape index (κ2) is 9.55. The molecule has 1 fully saturated rings. The van der Waals surface area contributed by atoms with Gasteiger partial charge in [-0.3, -0.25) is 0 Å². The van der Waals surface area contributed by atoms with Crippen molar-refractivity contribution in [1.82, 2.24) is 10.2 Å². The molecule has 2 aromatic carbocycles. The van der Waals surface area contributed by atoms with Crippen LogP contribution in [0.3, 0.4) is 0 Å². The van der Waals surface area contributed by atoms with Crippen LogP contribution in [0.25, 0.3) is 0 Å². The molecule has 4 rings (SSSR count). The van der Waals surface area contributed by atoms with Crippen molar-refractivity contribution < 1.29 is 9.84 Å². The van der Waals surface area contributed by atoms with Gasteiger partial charge in [0.2, 0.25) is 0 Å². The molecule has 1 heterocycles. The first-order valence-corrected chi connectivity index (χ1v) is 10.7. The first-order valence-electron chi connectivity index (χ1n) is 10.7. The summed E-state index contributed by atoms with van der Waals surface area (Å²) in [5.41, 5.74) is 4.22. The second-order valence-electron chi connectivity index (χ2n) is 8.22. The van der Waals surface area contributed by atoms with Gasteiger partial charge in [0, 0.05) is 19.1 Å². The second-order valence-corrected chi connectivity index (χ2v) is 8.22. The van der Waals surface area contributed by atoms with E-state index in [4.69, 9.17) is 4.74 Å².